The zero-order valence-corrected chi connectivity index (χ0v) is 13.3. The maximum absolute atomic E-state index is 12.4. The molecule has 6 heteroatoms. The average molecular weight is 356 g/mol. The zero-order valence-electron chi connectivity index (χ0n) is 11.7. The first-order chi connectivity index (χ1) is 9.86. The van der Waals surface area contributed by atoms with Crippen LogP contribution in [0, 0.1) is 5.92 Å². The Balaban J connectivity index is 2.28. The van der Waals surface area contributed by atoms with E-state index in [4.69, 9.17) is 0 Å². The molecule has 1 saturated carbocycles. The second kappa shape index (κ2) is 6.05. The third-order valence-corrected chi connectivity index (χ3v) is 4.72. The number of benzene rings is 1. The van der Waals surface area contributed by atoms with Gasteiger partial charge in [-0.05, 0) is 37.0 Å². The number of carbonyl (C=O) groups is 2. The number of carboxylic acids is 1. The summed E-state index contributed by atoms with van der Waals surface area (Å²) in [4.78, 5) is 24.1. The van der Waals surface area contributed by atoms with Gasteiger partial charge in [0.2, 0.25) is 0 Å². The van der Waals surface area contributed by atoms with Crippen LogP contribution in [0.25, 0.3) is 0 Å². The summed E-state index contributed by atoms with van der Waals surface area (Å²) in [6.45, 7) is 1.84. The van der Waals surface area contributed by atoms with Crippen LogP contribution in [0.1, 0.15) is 43.0 Å². The first-order valence-corrected chi connectivity index (χ1v) is 7.70. The quantitative estimate of drug-likeness (QED) is 0.777. The molecule has 2 rings (SSSR count). The Kier molecular flexibility index (Phi) is 4.56. The van der Waals surface area contributed by atoms with Crippen LogP contribution in [0.2, 0.25) is 0 Å². The molecule has 0 heterocycles. The highest BCUT2D eigenvalue weighted by atomic mass is 79.9. The third-order valence-electron chi connectivity index (χ3n) is 4.22. The topological polar surface area (TPSA) is 86.6 Å². The number of aromatic hydroxyl groups is 1. The highest BCUT2D eigenvalue weighted by molar-refractivity contribution is 9.10. The Bertz CT molecular complexity index is 575. The monoisotopic (exact) mass is 355 g/mol. The number of rotatable bonds is 3. The maximum atomic E-state index is 12.4. The first-order valence-electron chi connectivity index (χ1n) is 6.91. The zero-order chi connectivity index (χ0) is 15.6. The van der Waals surface area contributed by atoms with Crippen molar-refractivity contribution in [2.24, 2.45) is 5.92 Å². The number of phenolic OH excluding ortho intramolecular Hbond substituents is 1. The summed E-state index contributed by atoms with van der Waals surface area (Å²) in [6, 6.07) is 4.51. The molecule has 2 unspecified atom stereocenters. The Labute approximate surface area is 131 Å². The molecule has 0 radical (unpaired) electrons. The molecular formula is C15H18BrNO4. The van der Waals surface area contributed by atoms with Crippen LogP contribution >= 0.6 is 15.9 Å². The predicted octanol–water partition coefficient (Wildman–Crippen LogP) is 2.92. The van der Waals surface area contributed by atoms with Gasteiger partial charge in [-0.15, -0.1) is 0 Å². The van der Waals surface area contributed by atoms with Crippen molar-refractivity contribution in [1.29, 1.82) is 0 Å². The summed E-state index contributed by atoms with van der Waals surface area (Å²) < 4.78 is 0.649. The summed E-state index contributed by atoms with van der Waals surface area (Å²) >= 11 is 3.20. The molecule has 0 aliphatic heterocycles. The number of hydrogen-bond donors (Lipinski definition) is 3. The molecule has 0 bridgehead atoms. The van der Waals surface area contributed by atoms with Crippen LogP contribution in [0.5, 0.6) is 5.75 Å². The van der Waals surface area contributed by atoms with E-state index in [9.17, 15) is 19.8 Å². The van der Waals surface area contributed by atoms with Crippen LogP contribution in [-0.2, 0) is 4.79 Å². The van der Waals surface area contributed by atoms with E-state index >= 15 is 0 Å². The van der Waals surface area contributed by atoms with Crippen molar-refractivity contribution in [2.75, 3.05) is 0 Å². The second-order valence-corrected chi connectivity index (χ2v) is 6.45. The SMILES string of the molecule is CC1CCCCC1(NC(=O)c1ccc(Br)cc1O)C(=O)O. The van der Waals surface area contributed by atoms with E-state index in [0.29, 0.717) is 10.9 Å². The van der Waals surface area contributed by atoms with Gasteiger partial charge in [0.15, 0.2) is 0 Å². The number of amides is 1. The Morgan fingerprint density at radius 1 is 1.38 bits per heavy atom. The van der Waals surface area contributed by atoms with Gasteiger partial charge in [0, 0.05) is 4.47 Å². The number of nitrogens with one attached hydrogen (secondary N) is 1. The van der Waals surface area contributed by atoms with Crippen LogP contribution in [0.4, 0.5) is 0 Å². The number of carboxylic acid groups (broad SMARTS) is 1. The summed E-state index contributed by atoms with van der Waals surface area (Å²) in [5, 5.41) is 22.1. The van der Waals surface area contributed by atoms with Gasteiger partial charge >= 0.3 is 5.97 Å². The lowest BCUT2D eigenvalue weighted by atomic mass is 9.73. The molecule has 0 aromatic heterocycles. The Morgan fingerprint density at radius 2 is 2.10 bits per heavy atom. The van der Waals surface area contributed by atoms with E-state index in [2.05, 4.69) is 21.2 Å². The molecule has 114 valence electrons. The lowest BCUT2D eigenvalue weighted by molar-refractivity contribution is -0.148. The van der Waals surface area contributed by atoms with Crippen LogP contribution in [0.15, 0.2) is 22.7 Å². The normalized spacial score (nSPS) is 25.3. The first kappa shape index (κ1) is 15.8. The minimum absolute atomic E-state index is 0.0802. The molecule has 1 aromatic carbocycles. The van der Waals surface area contributed by atoms with Gasteiger partial charge in [-0.2, -0.15) is 0 Å². The number of aliphatic carboxylic acids is 1. The summed E-state index contributed by atoms with van der Waals surface area (Å²) in [6.07, 6.45) is 2.91. The largest absolute Gasteiger partial charge is 0.507 e. The minimum Gasteiger partial charge on any atom is -0.507 e. The molecule has 1 fully saturated rings. The number of hydrogen-bond acceptors (Lipinski definition) is 3. The standard InChI is InChI=1S/C15H18BrNO4/c1-9-4-2-3-7-15(9,14(20)21)17-13(19)11-6-5-10(16)8-12(11)18/h5-6,8-9,18H,2-4,7H2,1H3,(H,17,19)(H,20,21). The smallest absolute Gasteiger partial charge is 0.329 e. The molecule has 3 N–H and O–H groups in total. The van der Waals surface area contributed by atoms with Gasteiger partial charge in [-0.1, -0.05) is 35.7 Å². The highest BCUT2D eigenvalue weighted by Gasteiger charge is 2.46. The average Bonchev–Trinajstić information content (AvgIpc) is 2.41. The highest BCUT2D eigenvalue weighted by Crippen LogP contribution is 2.34. The van der Waals surface area contributed by atoms with Gasteiger partial charge in [-0.25, -0.2) is 4.79 Å². The molecule has 0 spiro atoms. The van der Waals surface area contributed by atoms with Crippen molar-refractivity contribution in [2.45, 2.75) is 38.1 Å². The Morgan fingerprint density at radius 3 is 2.67 bits per heavy atom. The van der Waals surface area contributed by atoms with Crippen molar-refractivity contribution in [3.63, 3.8) is 0 Å². The number of phenols is 1. The molecule has 1 aliphatic rings. The van der Waals surface area contributed by atoms with E-state index in [-0.39, 0.29) is 17.2 Å². The van der Waals surface area contributed by atoms with Crippen molar-refractivity contribution in [3.05, 3.63) is 28.2 Å². The van der Waals surface area contributed by atoms with Gasteiger partial charge in [0.05, 0.1) is 5.56 Å². The maximum Gasteiger partial charge on any atom is 0.329 e. The van der Waals surface area contributed by atoms with Crippen LogP contribution in [0.3, 0.4) is 0 Å². The van der Waals surface area contributed by atoms with Gasteiger partial charge in [0.25, 0.3) is 5.91 Å². The van der Waals surface area contributed by atoms with E-state index < -0.39 is 17.4 Å². The lowest BCUT2D eigenvalue weighted by Gasteiger charge is -2.39. The van der Waals surface area contributed by atoms with Gasteiger partial charge in [0.1, 0.15) is 11.3 Å². The fraction of sp³-hybridized carbons (Fsp3) is 0.467. The summed E-state index contributed by atoms with van der Waals surface area (Å²) in [7, 11) is 0. The van der Waals surface area contributed by atoms with E-state index in [1.54, 1.807) is 6.07 Å². The van der Waals surface area contributed by atoms with Crippen molar-refractivity contribution in [1.82, 2.24) is 5.32 Å². The fourth-order valence-corrected chi connectivity index (χ4v) is 3.22. The molecule has 5 nitrogen and oxygen atoms in total. The summed E-state index contributed by atoms with van der Waals surface area (Å²) in [5.74, 6) is -1.90. The molecule has 1 aliphatic carbocycles. The molecule has 21 heavy (non-hydrogen) atoms. The van der Waals surface area contributed by atoms with Crippen molar-refractivity contribution < 1.29 is 19.8 Å². The van der Waals surface area contributed by atoms with Crippen molar-refractivity contribution in [3.8, 4) is 5.75 Å². The third kappa shape index (κ3) is 3.05. The minimum atomic E-state index is -1.26. The number of carbonyl (C=O) groups excluding carboxylic acids is 1. The molecule has 0 saturated heterocycles. The fourth-order valence-electron chi connectivity index (χ4n) is 2.87. The van der Waals surface area contributed by atoms with Crippen molar-refractivity contribution >= 4 is 27.8 Å². The van der Waals surface area contributed by atoms with E-state index in [1.807, 2.05) is 6.92 Å². The van der Waals surface area contributed by atoms with Crippen LogP contribution in [-0.4, -0.2) is 27.6 Å². The van der Waals surface area contributed by atoms with E-state index in [1.165, 1.54) is 12.1 Å². The van der Waals surface area contributed by atoms with Gasteiger partial charge < -0.3 is 15.5 Å². The second-order valence-electron chi connectivity index (χ2n) is 5.54. The summed E-state index contributed by atoms with van der Waals surface area (Å²) in [5.41, 5.74) is -1.17. The molecule has 2 atom stereocenters. The number of halogens is 1. The van der Waals surface area contributed by atoms with Gasteiger partial charge in [-0.3, -0.25) is 4.79 Å². The lowest BCUT2D eigenvalue weighted by Crippen LogP contribution is -2.60. The molecule has 1 amide bonds. The van der Waals surface area contributed by atoms with E-state index in [0.717, 1.165) is 19.3 Å². The predicted molar refractivity (Wildman–Crippen MR) is 81.3 cm³/mol. The Hall–Kier alpha value is -1.56. The molecule has 1 aromatic rings. The van der Waals surface area contributed by atoms with Crippen LogP contribution < -0.4 is 5.32 Å². The molecular weight excluding hydrogens is 338 g/mol.